The largest absolute Gasteiger partial charge is 0.394 e. The van der Waals surface area contributed by atoms with Crippen LogP contribution in [-0.4, -0.2) is 63.4 Å². The highest BCUT2D eigenvalue weighted by atomic mass is 16.3. The molecule has 0 unspecified atom stereocenters. The van der Waals surface area contributed by atoms with Gasteiger partial charge >= 0.3 is 0 Å². The molecule has 168 valence electrons. The number of nitrogens with zero attached hydrogens (tertiary/aromatic N) is 3. The van der Waals surface area contributed by atoms with Crippen LogP contribution in [0.25, 0.3) is 0 Å². The summed E-state index contributed by atoms with van der Waals surface area (Å²) in [5.41, 5.74) is 0.280. The van der Waals surface area contributed by atoms with Gasteiger partial charge in [0, 0.05) is 44.2 Å². The molecule has 0 spiro atoms. The fraction of sp³-hybridized carbons (Fsp3) is 0.440. The number of aliphatic hydroxyl groups excluding tert-OH is 1. The Morgan fingerprint density at radius 2 is 1.88 bits per heavy atom. The first-order valence-electron chi connectivity index (χ1n) is 11.3. The van der Waals surface area contributed by atoms with Gasteiger partial charge in [-0.1, -0.05) is 36.4 Å². The summed E-state index contributed by atoms with van der Waals surface area (Å²) in [4.78, 5) is 47.3. The lowest BCUT2D eigenvalue weighted by molar-refractivity contribution is -0.144. The molecule has 2 aliphatic rings. The van der Waals surface area contributed by atoms with Crippen molar-refractivity contribution in [2.24, 2.45) is 0 Å². The molecule has 1 N–H and O–H groups in total. The Morgan fingerprint density at radius 1 is 1.09 bits per heavy atom. The van der Waals surface area contributed by atoms with E-state index in [4.69, 9.17) is 0 Å². The Kier molecular flexibility index (Phi) is 6.65. The minimum absolute atomic E-state index is 0.0264. The maximum Gasteiger partial charge on any atom is 0.240 e. The van der Waals surface area contributed by atoms with Gasteiger partial charge in [0.25, 0.3) is 0 Å². The van der Waals surface area contributed by atoms with E-state index in [9.17, 15) is 19.5 Å². The van der Waals surface area contributed by atoms with Gasteiger partial charge in [-0.2, -0.15) is 0 Å². The number of hydrogen-bond acceptors (Lipinski definition) is 5. The molecule has 2 saturated heterocycles. The SMILES string of the molecule is O=C1C[C@@](CC(=O)N2CCCC[C@@H]2CO)(c2ccccc2)C(=O)N1CCc1ccccn1. The van der Waals surface area contributed by atoms with Crippen LogP contribution >= 0.6 is 0 Å². The second-order valence-electron chi connectivity index (χ2n) is 8.64. The van der Waals surface area contributed by atoms with Crippen molar-refractivity contribution in [1.82, 2.24) is 14.8 Å². The van der Waals surface area contributed by atoms with E-state index in [1.165, 1.54) is 4.90 Å². The van der Waals surface area contributed by atoms with Crippen molar-refractivity contribution < 1.29 is 19.5 Å². The molecule has 0 bridgehead atoms. The number of carbonyl (C=O) groups is 3. The average Bonchev–Trinajstić information content (AvgIpc) is 3.08. The van der Waals surface area contributed by atoms with Gasteiger partial charge in [0.2, 0.25) is 17.7 Å². The lowest BCUT2D eigenvalue weighted by Crippen LogP contribution is -2.49. The summed E-state index contributed by atoms with van der Waals surface area (Å²) in [7, 11) is 0. The summed E-state index contributed by atoms with van der Waals surface area (Å²) < 4.78 is 0. The molecule has 4 rings (SSSR count). The number of aromatic nitrogens is 1. The van der Waals surface area contributed by atoms with Crippen molar-refractivity contribution >= 4 is 17.7 Å². The zero-order chi connectivity index (χ0) is 22.6. The van der Waals surface area contributed by atoms with Crippen molar-refractivity contribution in [3.8, 4) is 0 Å². The quantitative estimate of drug-likeness (QED) is 0.673. The summed E-state index contributed by atoms with van der Waals surface area (Å²) in [6.07, 6.45) is 4.66. The number of pyridine rings is 1. The number of aliphatic hydroxyl groups is 1. The molecule has 1 aromatic carbocycles. The van der Waals surface area contributed by atoms with Crippen molar-refractivity contribution in [3.63, 3.8) is 0 Å². The van der Waals surface area contributed by atoms with Crippen molar-refractivity contribution in [1.29, 1.82) is 0 Å². The van der Waals surface area contributed by atoms with Crippen LogP contribution < -0.4 is 0 Å². The molecule has 0 aliphatic carbocycles. The van der Waals surface area contributed by atoms with Crippen LogP contribution in [0.15, 0.2) is 54.7 Å². The summed E-state index contributed by atoms with van der Waals surface area (Å²) in [5, 5.41) is 9.74. The fourth-order valence-electron chi connectivity index (χ4n) is 4.90. The molecule has 3 heterocycles. The average molecular weight is 436 g/mol. The lowest BCUT2D eigenvalue weighted by Gasteiger charge is -2.37. The number of piperidine rings is 1. The van der Waals surface area contributed by atoms with Crippen LogP contribution in [-0.2, 0) is 26.2 Å². The van der Waals surface area contributed by atoms with Crippen LogP contribution in [0.3, 0.4) is 0 Å². The zero-order valence-corrected chi connectivity index (χ0v) is 18.2. The minimum atomic E-state index is -1.21. The standard InChI is InChI=1S/C25H29N3O4/c29-18-21-11-5-7-14-27(21)22(30)16-25(19-8-2-1-3-9-19)17-23(31)28(24(25)32)15-12-20-10-4-6-13-26-20/h1-4,6,8-10,13,21,29H,5,7,11-12,14-18H2/t21-,25+/m1/s1. The Bertz CT molecular complexity index is 966. The summed E-state index contributed by atoms with van der Waals surface area (Å²) in [6, 6.07) is 14.5. The van der Waals surface area contributed by atoms with E-state index >= 15 is 0 Å². The maximum atomic E-state index is 13.7. The van der Waals surface area contributed by atoms with Gasteiger partial charge in [-0.3, -0.25) is 24.3 Å². The third kappa shape index (κ3) is 4.30. The summed E-state index contributed by atoms with van der Waals surface area (Å²) in [5.74, 6) is -0.768. The highest BCUT2D eigenvalue weighted by Crippen LogP contribution is 2.40. The molecule has 3 amide bonds. The van der Waals surface area contributed by atoms with Gasteiger partial charge < -0.3 is 10.0 Å². The smallest absolute Gasteiger partial charge is 0.240 e. The molecule has 2 fully saturated rings. The Balaban J connectivity index is 1.60. The van der Waals surface area contributed by atoms with E-state index in [1.54, 1.807) is 11.1 Å². The van der Waals surface area contributed by atoms with Crippen molar-refractivity contribution in [3.05, 3.63) is 66.0 Å². The highest BCUT2D eigenvalue weighted by Gasteiger charge is 2.54. The molecule has 7 heteroatoms. The van der Waals surface area contributed by atoms with Gasteiger partial charge in [0.1, 0.15) is 0 Å². The van der Waals surface area contributed by atoms with E-state index in [1.807, 2.05) is 48.5 Å². The number of amides is 3. The zero-order valence-electron chi connectivity index (χ0n) is 18.2. The molecule has 1 aromatic heterocycles. The monoisotopic (exact) mass is 435 g/mol. The topological polar surface area (TPSA) is 90.8 Å². The van der Waals surface area contributed by atoms with Crippen LogP contribution in [0.2, 0.25) is 0 Å². The first-order chi connectivity index (χ1) is 15.5. The van der Waals surface area contributed by atoms with Gasteiger partial charge in [-0.25, -0.2) is 0 Å². The molecule has 2 aliphatic heterocycles. The first kappa shape index (κ1) is 22.1. The second kappa shape index (κ2) is 9.61. The predicted molar refractivity (Wildman–Crippen MR) is 118 cm³/mol. The van der Waals surface area contributed by atoms with E-state index in [0.717, 1.165) is 25.0 Å². The van der Waals surface area contributed by atoms with E-state index in [-0.39, 0.29) is 49.8 Å². The molecular weight excluding hydrogens is 406 g/mol. The molecule has 0 saturated carbocycles. The Hall–Kier alpha value is -3.06. The Labute approximate surface area is 188 Å². The van der Waals surface area contributed by atoms with Gasteiger partial charge in [0.05, 0.1) is 18.1 Å². The highest BCUT2D eigenvalue weighted by molar-refractivity contribution is 6.10. The summed E-state index contributed by atoms with van der Waals surface area (Å²) >= 11 is 0. The third-order valence-electron chi connectivity index (χ3n) is 6.66. The normalized spacial score (nSPS) is 23.6. The van der Waals surface area contributed by atoms with Crippen molar-refractivity contribution in [2.45, 2.75) is 50.0 Å². The van der Waals surface area contributed by atoms with E-state index in [2.05, 4.69) is 4.98 Å². The molecule has 2 aromatic rings. The molecule has 7 nitrogen and oxygen atoms in total. The van der Waals surface area contributed by atoms with Crippen molar-refractivity contribution in [2.75, 3.05) is 19.7 Å². The Morgan fingerprint density at radius 3 is 2.59 bits per heavy atom. The van der Waals surface area contributed by atoms with Crippen LogP contribution in [0.1, 0.15) is 43.4 Å². The molecule has 32 heavy (non-hydrogen) atoms. The van der Waals surface area contributed by atoms with Crippen LogP contribution in [0, 0.1) is 0 Å². The van der Waals surface area contributed by atoms with E-state index < -0.39 is 5.41 Å². The minimum Gasteiger partial charge on any atom is -0.394 e. The molecule has 2 atom stereocenters. The number of imide groups is 1. The number of benzene rings is 1. The molecular formula is C25H29N3O4. The van der Waals surface area contributed by atoms with Gasteiger partial charge in [-0.05, 0) is 37.0 Å². The number of rotatable bonds is 7. The van der Waals surface area contributed by atoms with Gasteiger partial charge in [0.15, 0.2) is 0 Å². The van der Waals surface area contributed by atoms with Crippen LogP contribution in [0.5, 0.6) is 0 Å². The number of likely N-dealkylation sites (tertiary alicyclic amines) is 2. The third-order valence-corrected chi connectivity index (χ3v) is 6.66. The van der Waals surface area contributed by atoms with Crippen LogP contribution in [0.4, 0.5) is 0 Å². The predicted octanol–water partition coefficient (Wildman–Crippen LogP) is 2.08. The lowest BCUT2D eigenvalue weighted by atomic mass is 9.75. The number of hydrogen-bond donors (Lipinski definition) is 1. The van der Waals surface area contributed by atoms with Gasteiger partial charge in [-0.15, -0.1) is 0 Å². The summed E-state index contributed by atoms with van der Waals surface area (Å²) in [6.45, 7) is 0.716. The number of carbonyl (C=O) groups excluding carboxylic acids is 3. The maximum absolute atomic E-state index is 13.7. The first-order valence-corrected chi connectivity index (χ1v) is 11.3. The second-order valence-corrected chi connectivity index (χ2v) is 8.64. The molecule has 0 radical (unpaired) electrons. The fourth-order valence-corrected chi connectivity index (χ4v) is 4.90. The van der Waals surface area contributed by atoms with E-state index in [0.29, 0.717) is 18.5 Å².